The molecular formula is C23H16N2O6. The van der Waals surface area contributed by atoms with Crippen molar-refractivity contribution < 1.29 is 18.9 Å². The summed E-state index contributed by atoms with van der Waals surface area (Å²) in [6.45, 7) is 0. The average Bonchev–Trinajstić information content (AvgIpc) is 2.78. The van der Waals surface area contributed by atoms with E-state index in [2.05, 4.69) is 5.32 Å². The minimum absolute atomic E-state index is 0.0945. The zero-order chi connectivity index (χ0) is 22.0. The van der Waals surface area contributed by atoms with E-state index in [0.29, 0.717) is 22.4 Å². The molecule has 1 heterocycles. The normalized spacial score (nSPS) is 10.6. The lowest BCUT2D eigenvalue weighted by atomic mass is 10.1. The summed E-state index contributed by atoms with van der Waals surface area (Å²) in [6.07, 6.45) is 0. The van der Waals surface area contributed by atoms with Crippen LogP contribution in [0.4, 0.5) is 11.4 Å². The summed E-state index contributed by atoms with van der Waals surface area (Å²) in [6, 6.07) is 19.5. The lowest BCUT2D eigenvalue weighted by Gasteiger charge is -2.10. The minimum Gasteiger partial charge on any atom is -0.496 e. The highest BCUT2D eigenvalue weighted by Gasteiger charge is 2.17. The number of anilines is 1. The fourth-order valence-electron chi connectivity index (χ4n) is 3.18. The van der Waals surface area contributed by atoms with Crippen molar-refractivity contribution in [3.8, 4) is 16.9 Å². The second kappa shape index (κ2) is 8.11. The lowest BCUT2D eigenvalue weighted by Crippen LogP contribution is -2.13. The summed E-state index contributed by atoms with van der Waals surface area (Å²) in [5.74, 6) is -0.387. The van der Waals surface area contributed by atoms with Crippen LogP contribution in [0.1, 0.15) is 10.4 Å². The van der Waals surface area contributed by atoms with Crippen LogP contribution in [0, 0.1) is 10.1 Å². The maximum absolute atomic E-state index is 12.6. The summed E-state index contributed by atoms with van der Waals surface area (Å²) >= 11 is 0. The Morgan fingerprint density at radius 1 is 1.03 bits per heavy atom. The summed E-state index contributed by atoms with van der Waals surface area (Å²) in [7, 11) is 1.33. The van der Waals surface area contributed by atoms with Crippen molar-refractivity contribution in [3.63, 3.8) is 0 Å². The molecule has 0 aliphatic heterocycles. The number of methoxy groups -OCH3 is 1. The van der Waals surface area contributed by atoms with E-state index in [1.165, 1.54) is 25.3 Å². The molecule has 3 aromatic carbocycles. The van der Waals surface area contributed by atoms with Crippen molar-refractivity contribution in [2.24, 2.45) is 0 Å². The fourth-order valence-corrected chi connectivity index (χ4v) is 3.18. The number of fused-ring (bicyclic) bond motifs is 1. The molecule has 154 valence electrons. The van der Waals surface area contributed by atoms with Gasteiger partial charge in [-0.3, -0.25) is 14.9 Å². The molecule has 0 fully saturated rings. The predicted molar refractivity (Wildman–Crippen MR) is 116 cm³/mol. The third-order valence-electron chi connectivity index (χ3n) is 4.74. The number of hydrogen-bond acceptors (Lipinski definition) is 6. The average molecular weight is 416 g/mol. The summed E-state index contributed by atoms with van der Waals surface area (Å²) in [5, 5.41) is 14.4. The molecule has 0 saturated carbocycles. The molecule has 0 spiro atoms. The maximum Gasteiger partial charge on any atom is 0.344 e. The van der Waals surface area contributed by atoms with Crippen LogP contribution in [-0.2, 0) is 0 Å². The Balaban J connectivity index is 1.58. The second-order valence-electron chi connectivity index (χ2n) is 6.66. The van der Waals surface area contributed by atoms with Gasteiger partial charge in [0.25, 0.3) is 11.6 Å². The number of carbonyl (C=O) groups excluding carboxylic acids is 1. The molecular weight excluding hydrogens is 400 g/mol. The van der Waals surface area contributed by atoms with Crippen LogP contribution in [0.25, 0.3) is 22.1 Å². The molecule has 0 radical (unpaired) electrons. The predicted octanol–water partition coefficient (Wildman–Crippen LogP) is 4.63. The van der Waals surface area contributed by atoms with Gasteiger partial charge in [-0.15, -0.1) is 0 Å². The monoisotopic (exact) mass is 416 g/mol. The molecule has 31 heavy (non-hydrogen) atoms. The fraction of sp³-hybridized carbons (Fsp3) is 0.0435. The Morgan fingerprint density at radius 2 is 1.77 bits per heavy atom. The molecule has 4 aromatic rings. The first-order chi connectivity index (χ1) is 15.0. The molecule has 8 nitrogen and oxygen atoms in total. The van der Waals surface area contributed by atoms with Crippen molar-refractivity contribution in [1.29, 1.82) is 0 Å². The number of non-ortho nitro benzene ring substituents is 1. The molecule has 4 rings (SSSR count). The SMILES string of the molecule is COc1cc([N+](=O)[O-])ccc1C(=O)Nc1ccc(-c2cc3ccccc3oc2=O)cc1. The number of nitro groups is 1. The van der Waals surface area contributed by atoms with Crippen molar-refractivity contribution in [2.45, 2.75) is 0 Å². The Hall–Kier alpha value is -4.46. The van der Waals surface area contributed by atoms with Gasteiger partial charge in [0, 0.05) is 17.1 Å². The number of rotatable bonds is 5. The summed E-state index contributed by atoms with van der Waals surface area (Å²) < 4.78 is 10.5. The van der Waals surface area contributed by atoms with Gasteiger partial charge in [-0.25, -0.2) is 4.79 Å². The van der Waals surface area contributed by atoms with E-state index >= 15 is 0 Å². The quantitative estimate of drug-likeness (QED) is 0.288. The van der Waals surface area contributed by atoms with E-state index in [1.807, 2.05) is 12.1 Å². The highest BCUT2D eigenvalue weighted by molar-refractivity contribution is 6.06. The first-order valence-corrected chi connectivity index (χ1v) is 9.23. The minimum atomic E-state index is -0.563. The molecule has 0 aliphatic carbocycles. The number of para-hydroxylation sites is 1. The number of ether oxygens (including phenoxy) is 1. The van der Waals surface area contributed by atoms with Crippen LogP contribution in [0.3, 0.4) is 0 Å². The van der Waals surface area contributed by atoms with E-state index in [1.54, 1.807) is 42.5 Å². The second-order valence-corrected chi connectivity index (χ2v) is 6.66. The number of nitrogens with zero attached hydrogens (tertiary/aromatic N) is 1. The Kier molecular flexibility index (Phi) is 5.19. The van der Waals surface area contributed by atoms with Crippen LogP contribution >= 0.6 is 0 Å². The molecule has 0 unspecified atom stereocenters. The number of benzene rings is 3. The Labute approximate surface area is 175 Å². The van der Waals surface area contributed by atoms with Crippen LogP contribution in [0.15, 0.2) is 82.0 Å². The van der Waals surface area contributed by atoms with E-state index in [-0.39, 0.29) is 17.0 Å². The molecule has 1 amide bonds. The van der Waals surface area contributed by atoms with Crippen LogP contribution in [0.2, 0.25) is 0 Å². The smallest absolute Gasteiger partial charge is 0.344 e. The largest absolute Gasteiger partial charge is 0.496 e. The van der Waals surface area contributed by atoms with Gasteiger partial charge < -0.3 is 14.5 Å². The van der Waals surface area contributed by atoms with E-state index < -0.39 is 16.5 Å². The number of amides is 1. The first kappa shape index (κ1) is 19.8. The van der Waals surface area contributed by atoms with Gasteiger partial charge >= 0.3 is 5.63 Å². The molecule has 1 N–H and O–H groups in total. The highest BCUT2D eigenvalue weighted by atomic mass is 16.6. The molecule has 0 atom stereocenters. The van der Waals surface area contributed by atoms with E-state index in [4.69, 9.17) is 9.15 Å². The molecule has 1 aromatic heterocycles. The van der Waals surface area contributed by atoms with Gasteiger partial charge in [-0.05, 0) is 35.9 Å². The number of carbonyl (C=O) groups is 1. The van der Waals surface area contributed by atoms with Crippen molar-refractivity contribution in [3.05, 3.63) is 98.9 Å². The standard InChI is InChI=1S/C23H16N2O6/c1-30-21-13-17(25(28)29)10-11-18(21)22(26)24-16-8-6-14(7-9-16)19-12-15-4-2-3-5-20(15)31-23(19)27/h2-13H,1H3,(H,24,26). The Morgan fingerprint density at radius 3 is 2.48 bits per heavy atom. The van der Waals surface area contributed by atoms with Gasteiger partial charge in [-0.2, -0.15) is 0 Å². The summed E-state index contributed by atoms with van der Waals surface area (Å²) in [5.41, 5.74) is 1.58. The van der Waals surface area contributed by atoms with Gasteiger partial charge in [0.2, 0.25) is 0 Å². The van der Waals surface area contributed by atoms with E-state index in [9.17, 15) is 19.7 Å². The number of hydrogen-bond donors (Lipinski definition) is 1. The van der Waals surface area contributed by atoms with Gasteiger partial charge in [-0.1, -0.05) is 30.3 Å². The lowest BCUT2D eigenvalue weighted by molar-refractivity contribution is -0.384. The number of nitrogens with one attached hydrogen (secondary N) is 1. The van der Waals surface area contributed by atoms with Gasteiger partial charge in [0.05, 0.1) is 29.2 Å². The molecule has 8 heteroatoms. The Bertz CT molecular complexity index is 1360. The van der Waals surface area contributed by atoms with Crippen molar-refractivity contribution in [1.82, 2.24) is 0 Å². The molecule has 0 aliphatic rings. The van der Waals surface area contributed by atoms with Crippen molar-refractivity contribution >= 4 is 28.3 Å². The zero-order valence-corrected chi connectivity index (χ0v) is 16.3. The third kappa shape index (κ3) is 3.99. The van der Waals surface area contributed by atoms with Crippen LogP contribution < -0.4 is 15.7 Å². The third-order valence-corrected chi connectivity index (χ3v) is 4.74. The van der Waals surface area contributed by atoms with Crippen LogP contribution in [-0.4, -0.2) is 17.9 Å². The van der Waals surface area contributed by atoms with Crippen LogP contribution in [0.5, 0.6) is 5.75 Å². The maximum atomic E-state index is 12.6. The van der Waals surface area contributed by atoms with Crippen molar-refractivity contribution in [2.75, 3.05) is 12.4 Å². The first-order valence-electron chi connectivity index (χ1n) is 9.23. The van der Waals surface area contributed by atoms with Gasteiger partial charge in [0.15, 0.2) is 0 Å². The molecule has 0 bridgehead atoms. The topological polar surface area (TPSA) is 112 Å². The highest BCUT2D eigenvalue weighted by Crippen LogP contribution is 2.26. The molecule has 0 saturated heterocycles. The number of nitro benzene ring substituents is 1. The zero-order valence-electron chi connectivity index (χ0n) is 16.3. The van der Waals surface area contributed by atoms with E-state index in [0.717, 1.165) is 5.39 Å². The summed E-state index contributed by atoms with van der Waals surface area (Å²) in [4.78, 5) is 35.3. The van der Waals surface area contributed by atoms with Gasteiger partial charge in [0.1, 0.15) is 11.3 Å².